The van der Waals surface area contributed by atoms with Crippen molar-refractivity contribution in [3.8, 4) is 0 Å². The van der Waals surface area contributed by atoms with Crippen LogP contribution in [0.3, 0.4) is 0 Å². The number of hydrogen-bond acceptors (Lipinski definition) is 8. The van der Waals surface area contributed by atoms with Gasteiger partial charge in [-0.2, -0.15) is 0 Å². The Hall–Kier alpha value is 0.351. The molecule has 0 unspecified atom stereocenters. The molecule has 8 nitrogen and oxygen atoms in total. The van der Waals surface area contributed by atoms with Crippen LogP contribution in [-0.4, -0.2) is 107 Å². The van der Waals surface area contributed by atoms with E-state index in [9.17, 15) is 19.8 Å². The van der Waals surface area contributed by atoms with Crippen LogP contribution in [0.1, 0.15) is 27.7 Å². The molecule has 0 aliphatic rings. The van der Waals surface area contributed by atoms with Crippen LogP contribution in [0.2, 0.25) is 0 Å². The zero-order valence-corrected chi connectivity index (χ0v) is 17.1. The Morgan fingerprint density at radius 3 is 1.10 bits per heavy atom. The Kier molecular flexibility index (Phi) is 13.7. The summed E-state index contributed by atoms with van der Waals surface area (Å²) in [6.45, 7) is 4.98. The molecule has 0 fully saturated rings. The monoisotopic (exact) mass is 432 g/mol. The first-order valence-corrected chi connectivity index (χ1v) is 5.83. The fourth-order valence-corrected chi connectivity index (χ4v) is 0.811. The van der Waals surface area contributed by atoms with Gasteiger partial charge in [0, 0.05) is 10.8 Å². The molecule has 0 heterocycles. The molecule has 0 aromatic rings. The average molecular weight is 432 g/mol. The number of carbonyl (C=O) groups excluding carboxylic acids is 2. The Morgan fingerprint density at radius 1 is 0.857 bits per heavy atom. The van der Waals surface area contributed by atoms with Crippen LogP contribution >= 0.6 is 0 Å². The molecule has 0 aliphatic heterocycles. The minimum absolute atomic E-state index is 0. The zero-order valence-electron chi connectivity index (χ0n) is 12.7. The Bertz CT molecular complexity index is 297. The van der Waals surface area contributed by atoms with Gasteiger partial charge in [-0.3, -0.25) is 0 Å². The number of rotatable bonds is 6. The van der Waals surface area contributed by atoms with Crippen molar-refractivity contribution in [3.05, 3.63) is 0 Å². The maximum absolute atomic E-state index is 10.0. The third-order valence-corrected chi connectivity index (χ3v) is 2.74. The fourth-order valence-electron chi connectivity index (χ4n) is 0.811. The molecule has 0 saturated carbocycles. The van der Waals surface area contributed by atoms with Crippen LogP contribution in [0, 0.1) is 10.8 Å². The molecule has 0 aromatic carbocycles. The molecule has 0 aromatic heterocycles. The van der Waals surface area contributed by atoms with Gasteiger partial charge in [-0.1, -0.05) is 27.7 Å². The van der Waals surface area contributed by atoms with E-state index in [0.717, 1.165) is 0 Å². The van der Waals surface area contributed by atoms with Crippen LogP contribution in [0.4, 0.5) is 0 Å². The van der Waals surface area contributed by atoms with E-state index in [1.54, 1.807) is 0 Å². The van der Waals surface area contributed by atoms with Crippen molar-refractivity contribution in [2.24, 2.45) is 10.8 Å². The molecule has 0 radical (unpaired) electrons. The minimum atomic E-state index is -1.61. The summed E-state index contributed by atoms with van der Waals surface area (Å²) in [6.07, 6.45) is -3.23. The standard InChI is InChI=1S/2C6H12O4.Ba/c2*1-6(2,3-7)4(8)5(9)10;/h2*4,7-8H,3H2,1-2H3,(H,9,10);/q;;+2/p-2/t2*4-;/m11./s1. The van der Waals surface area contributed by atoms with Gasteiger partial charge in [0.15, 0.2) is 0 Å². The molecule has 4 N–H and O–H groups in total. The number of hydrogen-bond donors (Lipinski definition) is 4. The summed E-state index contributed by atoms with van der Waals surface area (Å²) >= 11 is 0. The third-order valence-electron chi connectivity index (χ3n) is 2.74. The summed E-state index contributed by atoms with van der Waals surface area (Å²) in [6, 6.07) is 0. The second-order valence-corrected chi connectivity index (χ2v) is 5.74. The van der Waals surface area contributed by atoms with E-state index < -0.39 is 35.0 Å². The van der Waals surface area contributed by atoms with Gasteiger partial charge >= 0.3 is 48.9 Å². The van der Waals surface area contributed by atoms with Crippen molar-refractivity contribution in [3.63, 3.8) is 0 Å². The van der Waals surface area contributed by atoms with Crippen LogP contribution in [0.5, 0.6) is 0 Å². The number of aliphatic hydroxyl groups excluding tert-OH is 4. The van der Waals surface area contributed by atoms with Gasteiger partial charge in [0.1, 0.15) is 12.2 Å². The summed E-state index contributed by atoms with van der Waals surface area (Å²) in [5.41, 5.74) is -2.06. The van der Waals surface area contributed by atoms with Crippen LogP contribution < -0.4 is 10.2 Å². The third kappa shape index (κ3) is 9.87. The molecule has 0 aliphatic carbocycles. The van der Waals surface area contributed by atoms with Gasteiger partial charge in [0.2, 0.25) is 0 Å². The molecule has 0 bridgehead atoms. The maximum atomic E-state index is 10.0. The van der Waals surface area contributed by atoms with Crippen LogP contribution in [-0.2, 0) is 9.59 Å². The van der Waals surface area contributed by atoms with Gasteiger partial charge < -0.3 is 40.2 Å². The van der Waals surface area contributed by atoms with Crippen molar-refractivity contribution in [2.45, 2.75) is 39.9 Å². The fraction of sp³-hybridized carbons (Fsp3) is 0.833. The molecule has 0 amide bonds. The normalized spacial score (nSPS) is 14.1. The predicted molar refractivity (Wildman–Crippen MR) is 69.5 cm³/mol. The number of carboxylic acid groups (broad SMARTS) is 2. The topological polar surface area (TPSA) is 161 Å². The quantitative estimate of drug-likeness (QED) is 0.308. The van der Waals surface area contributed by atoms with E-state index in [0.29, 0.717) is 0 Å². The number of carboxylic acids is 2. The van der Waals surface area contributed by atoms with Crippen molar-refractivity contribution < 1.29 is 40.2 Å². The van der Waals surface area contributed by atoms with Gasteiger partial charge in [-0.25, -0.2) is 0 Å². The van der Waals surface area contributed by atoms with Gasteiger partial charge in [-0.05, 0) is 0 Å². The molecule has 120 valence electrons. The summed E-state index contributed by atoms with van der Waals surface area (Å²) in [4.78, 5) is 20.1. The van der Waals surface area contributed by atoms with Crippen molar-refractivity contribution in [1.82, 2.24) is 0 Å². The van der Waals surface area contributed by atoms with E-state index in [1.807, 2.05) is 0 Å². The van der Waals surface area contributed by atoms with Gasteiger partial charge in [-0.15, -0.1) is 0 Å². The second-order valence-electron chi connectivity index (χ2n) is 5.74. The minimum Gasteiger partial charge on any atom is -0.547 e. The smallest absolute Gasteiger partial charge is 0.547 e. The first kappa shape index (κ1) is 26.3. The van der Waals surface area contributed by atoms with E-state index in [4.69, 9.17) is 20.4 Å². The first-order chi connectivity index (χ1) is 8.83. The van der Waals surface area contributed by atoms with Crippen molar-refractivity contribution in [1.29, 1.82) is 0 Å². The summed E-state index contributed by atoms with van der Waals surface area (Å²) in [7, 11) is 0. The Morgan fingerprint density at radius 2 is 1.05 bits per heavy atom. The molecular formula is C12H22BaO8. The predicted octanol–water partition coefficient (Wildman–Crippen LogP) is -4.15. The summed E-state index contributed by atoms with van der Waals surface area (Å²) in [5, 5.41) is 54.9. The Labute approximate surface area is 163 Å². The van der Waals surface area contributed by atoms with Crippen LogP contribution in [0.25, 0.3) is 0 Å². The van der Waals surface area contributed by atoms with E-state index in [1.165, 1.54) is 27.7 Å². The Balaban J connectivity index is -0.000000295. The first-order valence-electron chi connectivity index (χ1n) is 5.83. The zero-order chi connectivity index (χ0) is 16.7. The second kappa shape index (κ2) is 11.0. The number of carbonyl (C=O) groups is 2. The average Bonchev–Trinajstić information content (AvgIpc) is 2.37. The maximum Gasteiger partial charge on any atom is 2.00 e. The SMILES string of the molecule is CC(C)(CO)[C@H](O)C(=O)[O-].CC(C)(CO)[C@H](O)C(=O)[O-].[Ba+2]. The largest absolute Gasteiger partial charge is 2.00 e. The summed E-state index contributed by atoms with van der Waals surface area (Å²) in [5.74, 6) is -3.11. The van der Waals surface area contributed by atoms with Gasteiger partial charge in [0.25, 0.3) is 0 Å². The van der Waals surface area contributed by atoms with Crippen molar-refractivity contribution >= 4 is 60.8 Å². The molecule has 0 spiro atoms. The molecular weight excluding hydrogens is 409 g/mol. The van der Waals surface area contributed by atoms with Gasteiger partial charge in [0.05, 0.1) is 25.2 Å². The molecule has 0 rings (SSSR count). The molecule has 0 saturated heterocycles. The summed E-state index contributed by atoms with van der Waals surface area (Å²) < 4.78 is 0. The van der Waals surface area contributed by atoms with E-state index in [2.05, 4.69) is 0 Å². The number of aliphatic carboxylic acids is 2. The molecule has 2 atom stereocenters. The van der Waals surface area contributed by atoms with E-state index in [-0.39, 0.29) is 62.1 Å². The molecule has 9 heteroatoms. The number of aliphatic hydroxyl groups is 4. The van der Waals surface area contributed by atoms with E-state index >= 15 is 0 Å². The molecule has 21 heavy (non-hydrogen) atoms. The van der Waals surface area contributed by atoms with Crippen LogP contribution in [0.15, 0.2) is 0 Å². The van der Waals surface area contributed by atoms with Crippen molar-refractivity contribution in [2.75, 3.05) is 13.2 Å².